The Bertz CT molecular complexity index is 1430. The fourth-order valence-corrected chi connectivity index (χ4v) is 6.69. The standard InChI is InChI=1S/C32H36FN3O4/c1-20-6-4-7-25(30(20)40-18-21-14-22-10-12-34-13-11-24(22)26(33)15-21)27-8-5-9-29(35-27)36-17-23-16-32(23,31(37)39-3)28(36)19-38-2/h4-9,14-15,23,28,34H,10-13,16-19H2,1-3H3/t23-,28+,32+/m0/s1. The summed E-state index contributed by atoms with van der Waals surface area (Å²) < 4.78 is 32.0. The summed E-state index contributed by atoms with van der Waals surface area (Å²) in [6, 6.07) is 15.5. The average molecular weight is 546 g/mol. The van der Waals surface area contributed by atoms with Crippen LogP contribution >= 0.6 is 0 Å². The number of carbonyl (C=O) groups excluding carboxylic acids is 1. The zero-order chi connectivity index (χ0) is 27.9. The largest absolute Gasteiger partial charge is 0.488 e. The lowest BCUT2D eigenvalue weighted by Gasteiger charge is -2.31. The maximum absolute atomic E-state index is 14.9. The number of para-hydroxylation sites is 1. The normalized spacial score (nSPS) is 23.2. The highest BCUT2D eigenvalue weighted by Crippen LogP contribution is 2.62. The second-order valence-corrected chi connectivity index (χ2v) is 11.1. The summed E-state index contributed by atoms with van der Waals surface area (Å²) in [4.78, 5) is 20.0. The van der Waals surface area contributed by atoms with Crippen molar-refractivity contribution in [3.8, 4) is 17.0 Å². The molecule has 6 rings (SSSR count). The van der Waals surface area contributed by atoms with Gasteiger partial charge in [-0.05, 0) is 91.7 Å². The number of hydrogen-bond donors (Lipinski definition) is 1. The van der Waals surface area contributed by atoms with Crippen LogP contribution in [0.2, 0.25) is 0 Å². The number of aromatic nitrogens is 1. The fraction of sp³-hybridized carbons (Fsp3) is 0.438. The van der Waals surface area contributed by atoms with Gasteiger partial charge in [-0.2, -0.15) is 0 Å². The Labute approximate surface area is 234 Å². The van der Waals surface area contributed by atoms with E-state index in [1.54, 1.807) is 13.2 Å². The molecule has 1 aromatic heterocycles. The van der Waals surface area contributed by atoms with E-state index in [9.17, 15) is 9.18 Å². The Morgan fingerprint density at radius 1 is 1.15 bits per heavy atom. The highest BCUT2D eigenvalue weighted by Gasteiger charge is 2.71. The fourth-order valence-electron chi connectivity index (χ4n) is 6.69. The molecule has 40 heavy (non-hydrogen) atoms. The van der Waals surface area contributed by atoms with Crippen LogP contribution in [0.3, 0.4) is 0 Å². The first kappa shape index (κ1) is 26.7. The van der Waals surface area contributed by atoms with Gasteiger partial charge in [0.15, 0.2) is 0 Å². The first-order valence-electron chi connectivity index (χ1n) is 14.0. The van der Waals surface area contributed by atoms with Crippen molar-refractivity contribution in [3.63, 3.8) is 0 Å². The number of aryl methyl sites for hydroxylation is 1. The molecule has 7 nitrogen and oxygen atoms in total. The van der Waals surface area contributed by atoms with Crippen LogP contribution in [0.25, 0.3) is 11.3 Å². The molecule has 8 heteroatoms. The lowest BCUT2D eigenvalue weighted by molar-refractivity contribution is -0.148. The second kappa shape index (κ2) is 10.8. The van der Waals surface area contributed by atoms with E-state index in [1.807, 2.05) is 43.3 Å². The number of piperidine rings is 1. The third-order valence-corrected chi connectivity index (χ3v) is 8.80. The molecule has 0 unspecified atom stereocenters. The second-order valence-electron chi connectivity index (χ2n) is 11.1. The first-order valence-corrected chi connectivity index (χ1v) is 14.0. The number of methoxy groups -OCH3 is 2. The van der Waals surface area contributed by atoms with Crippen molar-refractivity contribution in [2.24, 2.45) is 11.3 Å². The van der Waals surface area contributed by atoms with E-state index in [0.29, 0.717) is 13.0 Å². The topological polar surface area (TPSA) is 72.9 Å². The third-order valence-electron chi connectivity index (χ3n) is 8.80. The molecule has 3 aliphatic rings. The van der Waals surface area contributed by atoms with E-state index in [-0.39, 0.29) is 30.4 Å². The van der Waals surface area contributed by atoms with Crippen molar-refractivity contribution in [1.29, 1.82) is 0 Å². The summed E-state index contributed by atoms with van der Waals surface area (Å²) in [7, 11) is 3.11. The van der Waals surface area contributed by atoms with Crippen molar-refractivity contribution in [2.75, 3.05) is 45.4 Å². The molecule has 2 aliphatic heterocycles. The molecule has 0 bridgehead atoms. The molecule has 2 fully saturated rings. The van der Waals surface area contributed by atoms with Crippen LogP contribution in [0.15, 0.2) is 48.5 Å². The van der Waals surface area contributed by atoms with Crippen LogP contribution in [0.5, 0.6) is 5.75 Å². The molecule has 1 saturated heterocycles. The number of nitrogens with one attached hydrogen (secondary N) is 1. The van der Waals surface area contributed by atoms with Gasteiger partial charge in [0.25, 0.3) is 0 Å². The SMILES string of the molecule is COC[C@H]1N(c2cccc(-c3cccc(C)c3OCc3cc(F)c4c(c3)CCNCC4)n2)C[C@@H]2C[C@@]21C(=O)OC. The Kier molecular flexibility index (Phi) is 7.23. The molecule has 0 radical (unpaired) electrons. The minimum atomic E-state index is -0.528. The maximum atomic E-state index is 14.9. The zero-order valence-corrected chi connectivity index (χ0v) is 23.3. The van der Waals surface area contributed by atoms with Gasteiger partial charge < -0.3 is 24.4 Å². The first-order chi connectivity index (χ1) is 19.5. The lowest BCUT2D eigenvalue weighted by atomic mass is 9.96. The molecular weight excluding hydrogens is 509 g/mol. The Hall–Kier alpha value is -3.49. The summed E-state index contributed by atoms with van der Waals surface area (Å²) in [5, 5.41) is 3.34. The van der Waals surface area contributed by atoms with E-state index in [4.69, 9.17) is 19.2 Å². The van der Waals surface area contributed by atoms with Crippen LogP contribution in [0, 0.1) is 24.1 Å². The van der Waals surface area contributed by atoms with Crippen molar-refractivity contribution >= 4 is 11.8 Å². The van der Waals surface area contributed by atoms with E-state index in [1.165, 1.54) is 7.11 Å². The number of esters is 1. The molecule has 1 N–H and O–H groups in total. The highest BCUT2D eigenvalue weighted by atomic mass is 19.1. The van der Waals surface area contributed by atoms with Gasteiger partial charge in [-0.1, -0.05) is 24.3 Å². The number of halogens is 1. The zero-order valence-electron chi connectivity index (χ0n) is 23.3. The van der Waals surface area contributed by atoms with Crippen LogP contribution in [0.4, 0.5) is 10.2 Å². The number of carbonyl (C=O) groups is 1. The number of pyridine rings is 1. The predicted molar refractivity (Wildman–Crippen MR) is 151 cm³/mol. The van der Waals surface area contributed by atoms with Crippen molar-refractivity contribution < 1.29 is 23.4 Å². The Balaban J connectivity index is 1.27. The smallest absolute Gasteiger partial charge is 0.314 e. The predicted octanol–water partition coefficient (Wildman–Crippen LogP) is 4.48. The maximum Gasteiger partial charge on any atom is 0.314 e. The van der Waals surface area contributed by atoms with E-state index in [0.717, 1.165) is 77.6 Å². The molecule has 0 spiro atoms. The van der Waals surface area contributed by atoms with E-state index in [2.05, 4.69) is 16.3 Å². The van der Waals surface area contributed by atoms with Gasteiger partial charge in [0, 0.05) is 19.2 Å². The summed E-state index contributed by atoms with van der Waals surface area (Å²) in [6.07, 6.45) is 2.33. The van der Waals surface area contributed by atoms with Crippen LogP contribution in [-0.4, -0.2) is 57.5 Å². The number of fused-ring (bicyclic) bond motifs is 2. The van der Waals surface area contributed by atoms with Gasteiger partial charge in [0.2, 0.25) is 0 Å². The minimum Gasteiger partial charge on any atom is -0.488 e. The van der Waals surface area contributed by atoms with E-state index >= 15 is 0 Å². The van der Waals surface area contributed by atoms with Gasteiger partial charge in [-0.15, -0.1) is 0 Å². The number of hydrogen-bond acceptors (Lipinski definition) is 7. The molecule has 0 amide bonds. The molecule has 210 valence electrons. The van der Waals surface area contributed by atoms with Gasteiger partial charge in [0.1, 0.15) is 24.0 Å². The molecular formula is C32H36FN3O4. The summed E-state index contributed by atoms with van der Waals surface area (Å²) >= 11 is 0. The Morgan fingerprint density at radius 2 is 1.98 bits per heavy atom. The number of benzene rings is 2. The van der Waals surface area contributed by atoms with Gasteiger partial charge >= 0.3 is 5.97 Å². The molecule has 3 heterocycles. The van der Waals surface area contributed by atoms with Crippen molar-refractivity contribution in [2.45, 2.75) is 38.8 Å². The van der Waals surface area contributed by atoms with Gasteiger partial charge in [-0.3, -0.25) is 4.79 Å². The average Bonchev–Trinajstić information content (AvgIpc) is 3.67. The van der Waals surface area contributed by atoms with Crippen LogP contribution < -0.4 is 15.0 Å². The van der Waals surface area contributed by atoms with Crippen LogP contribution in [-0.2, 0) is 33.7 Å². The minimum absolute atomic E-state index is 0.135. The summed E-state index contributed by atoms with van der Waals surface area (Å²) in [5.74, 6) is 1.44. The number of nitrogens with zero attached hydrogens (tertiary/aromatic N) is 2. The number of ether oxygens (including phenoxy) is 3. The van der Waals surface area contributed by atoms with Gasteiger partial charge in [-0.25, -0.2) is 9.37 Å². The van der Waals surface area contributed by atoms with Crippen LogP contribution in [0.1, 0.15) is 28.7 Å². The molecule has 1 aliphatic carbocycles. The third kappa shape index (κ3) is 4.63. The number of rotatable bonds is 8. The van der Waals surface area contributed by atoms with Crippen molar-refractivity contribution in [1.82, 2.24) is 10.3 Å². The number of anilines is 1. The highest BCUT2D eigenvalue weighted by molar-refractivity contribution is 5.84. The molecule has 3 atom stereocenters. The molecule has 1 saturated carbocycles. The summed E-state index contributed by atoms with van der Waals surface area (Å²) in [5.41, 5.74) is 4.79. The van der Waals surface area contributed by atoms with Crippen molar-refractivity contribution in [3.05, 3.63) is 76.6 Å². The lowest BCUT2D eigenvalue weighted by Crippen LogP contribution is -2.44. The molecule has 3 aromatic rings. The molecule has 2 aromatic carbocycles. The monoisotopic (exact) mass is 545 g/mol. The summed E-state index contributed by atoms with van der Waals surface area (Å²) in [6.45, 7) is 5.08. The van der Waals surface area contributed by atoms with E-state index < -0.39 is 5.41 Å². The van der Waals surface area contributed by atoms with Gasteiger partial charge in [0.05, 0.1) is 30.9 Å². The Morgan fingerprint density at radius 3 is 2.80 bits per heavy atom. The quantitative estimate of drug-likeness (QED) is 0.419.